The van der Waals surface area contributed by atoms with E-state index in [0.717, 1.165) is 18.7 Å². The summed E-state index contributed by atoms with van der Waals surface area (Å²) in [5, 5.41) is 3.37. The molecule has 0 radical (unpaired) electrons. The van der Waals surface area contributed by atoms with Crippen LogP contribution in [0, 0.1) is 5.82 Å². The molecule has 0 aliphatic carbocycles. The molecule has 1 aliphatic heterocycles. The highest BCUT2D eigenvalue weighted by atomic mass is 19.1. The number of nitrogens with zero attached hydrogens (tertiary/aromatic N) is 1. The molecule has 0 saturated carbocycles. The molecule has 1 aromatic rings. The molecule has 0 aromatic heterocycles. The van der Waals surface area contributed by atoms with Crippen LogP contribution in [0.4, 0.5) is 10.1 Å². The summed E-state index contributed by atoms with van der Waals surface area (Å²) in [6.07, 6.45) is 2.46. The molecular formula is C15H23FN2. The quantitative estimate of drug-likeness (QED) is 0.880. The van der Waals surface area contributed by atoms with Gasteiger partial charge in [0.25, 0.3) is 0 Å². The zero-order valence-corrected chi connectivity index (χ0v) is 11.5. The molecule has 1 saturated heterocycles. The van der Waals surface area contributed by atoms with E-state index >= 15 is 0 Å². The van der Waals surface area contributed by atoms with Crippen LogP contribution in [0.15, 0.2) is 18.2 Å². The molecule has 2 atom stereocenters. The number of nitrogens with one attached hydrogen (secondary N) is 1. The first-order chi connectivity index (χ1) is 8.63. The van der Waals surface area contributed by atoms with Crippen molar-refractivity contribution in [3.05, 3.63) is 29.6 Å². The third kappa shape index (κ3) is 2.66. The van der Waals surface area contributed by atoms with E-state index in [1.807, 2.05) is 6.07 Å². The molecular weight excluding hydrogens is 227 g/mol. The fraction of sp³-hybridized carbons (Fsp3) is 0.600. The summed E-state index contributed by atoms with van der Waals surface area (Å²) in [5.41, 5.74) is 2.26. The van der Waals surface area contributed by atoms with E-state index < -0.39 is 0 Å². The number of hydrogen-bond acceptors (Lipinski definition) is 2. The number of halogens is 1. The lowest BCUT2D eigenvalue weighted by atomic mass is 10.0. The Morgan fingerprint density at radius 1 is 1.50 bits per heavy atom. The van der Waals surface area contributed by atoms with Gasteiger partial charge in [0.2, 0.25) is 0 Å². The van der Waals surface area contributed by atoms with Crippen molar-refractivity contribution in [2.45, 2.75) is 45.7 Å². The van der Waals surface area contributed by atoms with Gasteiger partial charge in [0.1, 0.15) is 5.82 Å². The Morgan fingerprint density at radius 3 is 2.89 bits per heavy atom. The van der Waals surface area contributed by atoms with Gasteiger partial charge in [-0.1, -0.05) is 6.92 Å². The SMILES string of the molecule is CCNC(C)c1cc(F)ccc1N1CCCC1C. The molecule has 2 nitrogen and oxygen atoms in total. The normalized spacial score (nSPS) is 21.3. The largest absolute Gasteiger partial charge is 0.369 e. The van der Waals surface area contributed by atoms with Gasteiger partial charge in [0.15, 0.2) is 0 Å². The van der Waals surface area contributed by atoms with E-state index in [4.69, 9.17) is 0 Å². The fourth-order valence-electron chi connectivity index (χ4n) is 2.84. The molecule has 1 aromatic carbocycles. The summed E-state index contributed by atoms with van der Waals surface area (Å²) >= 11 is 0. The Bertz CT molecular complexity index is 405. The van der Waals surface area contributed by atoms with Crippen LogP contribution >= 0.6 is 0 Å². The van der Waals surface area contributed by atoms with Crippen molar-refractivity contribution in [1.82, 2.24) is 5.32 Å². The maximum absolute atomic E-state index is 13.5. The highest BCUT2D eigenvalue weighted by Gasteiger charge is 2.24. The van der Waals surface area contributed by atoms with Gasteiger partial charge in [-0.15, -0.1) is 0 Å². The van der Waals surface area contributed by atoms with Crippen LogP contribution in [0.25, 0.3) is 0 Å². The molecule has 1 fully saturated rings. The van der Waals surface area contributed by atoms with E-state index in [1.54, 1.807) is 12.1 Å². The number of rotatable bonds is 4. The smallest absolute Gasteiger partial charge is 0.123 e. The highest BCUT2D eigenvalue weighted by Crippen LogP contribution is 2.32. The average Bonchev–Trinajstić information content (AvgIpc) is 2.76. The maximum Gasteiger partial charge on any atom is 0.123 e. The molecule has 3 heteroatoms. The molecule has 2 rings (SSSR count). The highest BCUT2D eigenvalue weighted by molar-refractivity contribution is 5.56. The lowest BCUT2D eigenvalue weighted by Gasteiger charge is -2.28. The van der Waals surface area contributed by atoms with Gasteiger partial charge in [-0.25, -0.2) is 4.39 Å². The first-order valence-electron chi connectivity index (χ1n) is 6.93. The topological polar surface area (TPSA) is 15.3 Å². The van der Waals surface area contributed by atoms with Gasteiger partial charge in [0, 0.05) is 24.3 Å². The lowest BCUT2D eigenvalue weighted by molar-refractivity contribution is 0.579. The minimum atomic E-state index is -0.148. The van der Waals surface area contributed by atoms with Crippen molar-refractivity contribution in [2.24, 2.45) is 0 Å². The van der Waals surface area contributed by atoms with E-state index in [9.17, 15) is 4.39 Å². The molecule has 0 amide bonds. The minimum absolute atomic E-state index is 0.148. The predicted octanol–water partition coefficient (Wildman–Crippen LogP) is 3.48. The van der Waals surface area contributed by atoms with E-state index in [2.05, 4.69) is 31.0 Å². The first-order valence-corrected chi connectivity index (χ1v) is 6.93. The molecule has 100 valence electrons. The maximum atomic E-state index is 13.5. The number of hydrogen-bond donors (Lipinski definition) is 1. The molecule has 1 N–H and O–H groups in total. The Hall–Kier alpha value is -1.09. The first kappa shape index (κ1) is 13.3. The minimum Gasteiger partial charge on any atom is -0.369 e. The van der Waals surface area contributed by atoms with Gasteiger partial charge in [-0.3, -0.25) is 0 Å². The van der Waals surface area contributed by atoms with Crippen molar-refractivity contribution in [3.63, 3.8) is 0 Å². The van der Waals surface area contributed by atoms with Gasteiger partial charge in [-0.05, 0) is 57.0 Å². The van der Waals surface area contributed by atoms with Crippen LogP contribution in [-0.4, -0.2) is 19.1 Å². The van der Waals surface area contributed by atoms with Crippen LogP contribution in [0.5, 0.6) is 0 Å². The van der Waals surface area contributed by atoms with Crippen LogP contribution in [0.1, 0.15) is 45.2 Å². The van der Waals surface area contributed by atoms with Crippen molar-refractivity contribution in [3.8, 4) is 0 Å². The summed E-state index contributed by atoms with van der Waals surface area (Å²) in [5.74, 6) is -0.148. The van der Waals surface area contributed by atoms with Gasteiger partial charge < -0.3 is 10.2 Å². The average molecular weight is 250 g/mol. The zero-order valence-electron chi connectivity index (χ0n) is 11.5. The number of anilines is 1. The van der Waals surface area contributed by atoms with E-state index in [1.165, 1.54) is 18.5 Å². The summed E-state index contributed by atoms with van der Waals surface area (Å²) in [6.45, 7) is 8.40. The Labute approximate surface area is 109 Å². The third-order valence-electron chi connectivity index (χ3n) is 3.83. The van der Waals surface area contributed by atoms with Gasteiger partial charge in [-0.2, -0.15) is 0 Å². The molecule has 0 spiro atoms. The zero-order chi connectivity index (χ0) is 13.1. The monoisotopic (exact) mass is 250 g/mol. The molecule has 2 unspecified atom stereocenters. The summed E-state index contributed by atoms with van der Waals surface area (Å²) in [4.78, 5) is 2.41. The van der Waals surface area contributed by atoms with Crippen LogP contribution < -0.4 is 10.2 Å². The van der Waals surface area contributed by atoms with Crippen LogP contribution in [-0.2, 0) is 0 Å². The number of benzene rings is 1. The summed E-state index contributed by atoms with van der Waals surface area (Å²) in [7, 11) is 0. The van der Waals surface area contributed by atoms with Gasteiger partial charge in [0.05, 0.1) is 0 Å². The second-order valence-corrected chi connectivity index (χ2v) is 5.17. The van der Waals surface area contributed by atoms with Gasteiger partial charge >= 0.3 is 0 Å². The molecule has 1 aliphatic rings. The van der Waals surface area contributed by atoms with Crippen LogP contribution in [0.3, 0.4) is 0 Å². The molecule has 18 heavy (non-hydrogen) atoms. The summed E-state index contributed by atoms with van der Waals surface area (Å²) < 4.78 is 13.5. The van der Waals surface area contributed by atoms with E-state index in [-0.39, 0.29) is 11.9 Å². The predicted molar refractivity (Wildman–Crippen MR) is 74.5 cm³/mol. The second kappa shape index (κ2) is 5.70. The Balaban J connectivity index is 2.33. The Morgan fingerprint density at radius 2 is 2.28 bits per heavy atom. The fourth-order valence-corrected chi connectivity index (χ4v) is 2.84. The standard InChI is InChI=1S/C15H23FN2/c1-4-17-12(3)14-10-13(16)7-8-15(14)18-9-5-6-11(18)2/h7-8,10-12,17H,4-6,9H2,1-3H3. The molecule has 0 bridgehead atoms. The Kier molecular flexibility index (Phi) is 4.23. The third-order valence-corrected chi connectivity index (χ3v) is 3.83. The van der Waals surface area contributed by atoms with Crippen LogP contribution in [0.2, 0.25) is 0 Å². The molecule has 1 heterocycles. The van der Waals surface area contributed by atoms with Crippen molar-refractivity contribution in [2.75, 3.05) is 18.0 Å². The summed E-state index contributed by atoms with van der Waals surface area (Å²) in [6, 6.07) is 5.92. The van der Waals surface area contributed by atoms with Crippen molar-refractivity contribution >= 4 is 5.69 Å². The second-order valence-electron chi connectivity index (χ2n) is 5.17. The lowest BCUT2D eigenvalue weighted by Crippen LogP contribution is -2.29. The van der Waals surface area contributed by atoms with Crippen molar-refractivity contribution in [1.29, 1.82) is 0 Å². The van der Waals surface area contributed by atoms with E-state index in [0.29, 0.717) is 6.04 Å². The van der Waals surface area contributed by atoms with Crippen molar-refractivity contribution < 1.29 is 4.39 Å².